The van der Waals surface area contributed by atoms with Crippen molar-refractivity contribution in [1.82, 2.24) is 10.1 Å². The first-order valence-electron chi connectivity index (χ1n) is 8.80. The molecule has 2 aromatic rings. The molecule has 0 spiro atoms. The average molecular weight is 360 g/mol. The zero-order valence-corrected chi connectivity index (χ0v) is 14.6. The minimum atomic E-state index is -0.667. The highest BCUT2D eigenvalue weighted by atomic mass is 32.1. The molecule has 4 bridgehead atoms. The van der Waals surface area contributed by atoms with Gasteiger partial charge in [0.2, 0.25) is 5.82 Å². The number of carbonyl (C=O) groups is 1. The molecule has 4 atom stereocenters. The Morgan fingerprint density at radius 2 is 2.16 bits per heavy atom. The summed E-state index contributed by atoms with van der Waals surface area (Å²) in [6.45, 7) is -0.00722. The number of aromatic nitrogens is 2. The molecule has 0 amide bonds. The summed E-state index contributed by atoms with van der Waals surface area (Å²) >= 11 is 1.53. The second-order valence-electron chi connectivity index (χ2n) is 8.03. The van der Waals surface area contributed by atoms with Gasteiger partial charge in [0.25, 0.3) is 5.89 Å². The highest BCUT2D eigenvalue weighted by molar-refractivity contribution is 7.13. The Labute approximate surface area is 149 Å². The van der Waals surface area contributed by atoms with E-state index in [0.29, 0.717) is 30.0 Å². The molecule has 0 aliphatic heterocycles. The smallest absolute Gasteiger partial charge is 0.312 e. The summed E-state index contributed by atoms with van der Waals surface area (Å²) < 4.78 is 10.7. The van der Waals surface area contributed by atoms with Gasteiger partial charge in [0, 0.05) is 0 Å². The third-order valence-electron chi connectivity index (χ3n) is 6.00. The van der Waals surface area contributed by atoms with Gasteiger partial charge in [0.05, 0.1) is 15.9 Å². The molecule has 4 aliphatic rings. The van der Waals surface area contributed by atoms with E-state index in [1.54, 1.807) is 0 Å². The van der Waals surface area contributed by atoms with E-state index >= 15 is 0 Å². The molecule has 25 heavy (non-hydrogen) atoms. The fourth-order valence-electron chi connectivity index (χ4n) is 5.55. The van der Waals surface area contributed by atoms with Gasteiger partial charge in [-0.1, -0.05) is 11.2 Å². The minimum Gasteiger partial charge on any atom is -0.455 e. The van der Waals surface area contributed by atoms with E-state index in [9.17, 15) is 9.90 Å². The molecule has 6 nitrogen and oxygen atoms in total. The second kappa shape index (κ2) is 5.38. The van der Waals surface area contributed by atoms with Crippen molar-refractivity contribution < 1.29 is 19.2 Å². The lowest BCUT2D eigenvalue weighted by Crippen LogP contribution is -2.58. The highest BCUT2D eigenvalue weighted by Crippen LogP contribution is 2.62. The molecule has 2 heterocycles. The van der Waals surface area contributed by atoms with Gasteiger partial charge < -0.3 is 14.4 Å². The zero-order chi connectivity index (χ0) is 17.1. The maximum atomic E-state index is 12.8. The predicted molar refractivity (Wildman–Crippen MR) is 89.5 cm³/mol. The van der Waals surface area contributed by atoms with Crippen molar-refractivity contribution in [2.75, 3.05) is 0 Å². The molecule has 7 heteroatoms. The number of hydrogen-bond donors (Lipinski definition) is 1. The Balaban J connectivity index is 1.28. The van der Waals surface area contributed by atoms with Crippen LogP contribution < -0.4 is 0 Å². The number of hydrogen-bond acceptors (Lipinski definition) is 7. The van der Waals surface area contributed by atoms with Gasteiger partial charge in [-0.2, -0.15) is 4.98 Å². The minimum absolute atomic E-state index is 0.00722. The van der Waals surface area contributed by atoms with Crippen molar-refractivity contribution in [3.05, 3.63) is 23.4 Å². The van der Waals surface area contributed by atoms with E-state index < -0.39 is 11.0 Å². The van der Waals surface area contributed by atoms with Gasteiger partial charge in [-0.25, -0.2) is 0 Å². The summed E-state index contributed by atoms with van der Waals surface area (Å²) in [6.07, 6.45) is 5.05. The summed E-state index contributed by atoms with van der Waals surface area (Å²) in [5.74, 6) is 1.52. The maximum absolute atomic E-state index is 12.8. The van der Waals surface area contributed by atoms with Crippen molar-refractivity contribution in [2.45, 2.75) is 50.7 Å². The zero-order valence-electron chi connectivity index (χ0n) is 13.8. The summed E-state index contributed by atoms with van der Waals surface area (Å²) in [5.41, 5.74) is -1.19. The van der Waals surface area contributed by atoms with E-state index in [0.717, 1.165) is 37.0 Å². The van der Waals surface area contributed by atoms with Crippen LogP contribution in [0.2, 0.25) is 0 Å². The van der Waals surface area contributed by atoms with Crippen LogP contribution in [0.1, 0.15) is 44.4 Å². The lowest BCUT2D eigenvalue weighted by atomic mass is 9.48. The van der Waals surface area contributed by atoms with Crippen molar-refractivity contribution in [1.29, 1.82) is 0 Å². The molecular weight excluding hydrogens is 340 g/mol. The van der Waals surface area contributed by atoms with Gasteiger partial charge >= 0.3 is 5.97 Å². The number of nitrogens with zero attached hydrogens (tertiary/aromatic N) is 2. The number of carbonyl (C=O) groups excluding carboxylic acids is 1. The molecule has 4 aliphatic carbocycles. The Morgan fingerprint density at radius 1 is 1.36 bits per heavy atom. The molecule has 6 rings (SSSR count). The SMILES string of the molecule is O=C(OCc1nc(-c2cccs2)no1)C12C[C@@H]3C[C@@H](CC(O)(C3)C1)C2. The van der Waals surface area contributed by atoms with Crippen molar-refractivity contribution in [3.8, 4) is 10.7 Å². The Morgan fingerprint density at radius 3 is 2.84 bits per heavy atom. The number of esters is 1. The standard InChI is InChI=1S/C18H20N2O4S/c21-16(17-5-11-4-12(6-17)8-18(22,7-11)10-17)23-9-14-19-15(20-24-14)13-2-1-3-25-13/h1-3,11-12,22H,4-10H2/t11-,12+,17?,18?. The van der Waals surface area contributed by atoms with E-state index in [1.165, 1.54) is 11.3 Å². The van der Waals surface area contributed by atoms with Gasteiger partial charge in [-0.3, -0.25) is 4.79 Å². The fourth-order valence-corrected chi connectivity index (χ4v) is 6.20. The van der Waals surface area contributed by atoms with Crippen LogP contribution in [0.3, 0.4) is 0 Å². The highest BCUT2D eigenvalue weighted by Gasteiger charge is 2.60. The molecule has 2 aromatic heterocycles. The van der Waals surface area contributed by atoms with Gasteiger partial charge in [0.15, 0.2) is 6.61 Å². The third kappa shape index (κ3) is 2.60. The monoisotopic (exact) mass is 360 g/mol. The van der Waals surface area contributed by atoms with Gasteiger partial charge in [-0.05, 0) is 61.8 Å². The second-order valence-corrected chi connectivity index (χ2v) is 8.98. The van der Waals surface area contributed by atoms with Crippen LogP contribution in [0.25, 0.3) is 10.7 Å². The number of ether oxygens (including phenoxy) is 1. The molecule has 0 radical (unpaired) electrons. The molecule has 2 unspecified atom stereocenters. The van der Waals surface area contributed by atoms with E-state index in [2.05, 4.69) is 10.1 Å². The van der Waals surface area contributed by atoms with Crippen LogP contribution in [-0.2, 0) is 16.1 Å². The van der Waals surface area contributed by atoms with Crippen LogP contribution in [0.4, 0.5) is 0 Å². The Hall–Kier alpha value is -1.73. The molecule has 132 valence electrons. The summed E-state index contributed by atoms with van der Waals surface area (Å²) in [7, 11) is 0. The summed E-state index contributed by atoms with van der Waals surface area (Å²) in [6, 6.07) is 3.84. The first-order chi connectivity index (χ1) is 12.0. The normalized spacial score (nSPS) is 35.9. The predicted octanol–water partition coefficient (Wildman–Crippen LogP) is 3.17. The number of thiophene rings is 1. The van der Waals surface area contributed by atoms with Crippen LogP contribution in [0.15, 0.2) is 22.0 Å². The Kier molecular flexibility index (Phi) is 3.34. The van der Waals surface area contributed by atoms with Crippen LogP contribution in [0.5, 0.6) is 0 Å². The van der Waals surface area contributed by atoms with Crippen molar-refractivity contribution in [2.24, 2.45) is 17.3 Å². The summed E-state index contributed by atoms with van der Waals surface area (Å²) in [4.78, 5) is 18.0. The fraction of sp³-hybridized carbons (Fsp3) is 0.611. The van der Waals surface area contributed by atoms with Gasteiger partial charge in [-0.15, -0.1) is 11.3 Å². The summed E-state index contributed by atoms with van der Waals surface area (Å²) in [5, 5.41) is 16.6. The van der Waals surface area contributed by atoms with Crippen LogP contribution in [0, 0.1) is 17.3 Å². The van der Waals surface area contributed by atoms with Crippen LogP contribution in [-0.4, -0.2) is 26.8 Å². The number of rotatable bonds is 4. The van der Waals surface area contributed by atoms with E-state index in [1.807, 2.05) is 17.5 Å². The molecule has 0 saturated heterocycles. The molecule has 4 saturated carbocycles. The molecule has 0 aromatic carbocycles. The largest absolute Gasteiger partial charge is 0.455 e. The van der Waals surface area contributed by atoms with Crippen molar-refractivity contribution in [3.63, 3.8) is 0 Å². The maximum Gasteiger partial charge on any atom is 0.312 e. The molecule has 4 fully saturated rings. The topological polar surface area (TPSA) is 85.5 Å². The first-order valence-corrected chi connectivity index (χ1v) is 9.68. The Bertz CT molecular complexity index is 786. The lowest BCUT2D eigenvalue weighted by Gasteiger charge is -2.58. The van der Waals surface area contributed by atoms with E-state index in [-0.39, 0.29) is 12.6 Å². The molecule has 1 N–H and O–H groups in total. The lowest BCUT2D eigenvalue weighted by molar-refractivity contribution is -0.197. The first kappa shape index (κ1) is 15.5. The quantitative estimate of drug-likeness (QED) is 0.843. The van der Waals surface area contributed by atoms with Crippen LogP contribution >= 0.6 is 11.3 Å². The van der Waals surface area contributed by atoms with Crippen molar-refractivity contribution >= 4 is 17.3 Å². The van der Waals surface area contributed by atoms with E-state index in [4.69, 9.17) is 9.26 Å². The third-order valence-corrected chi connectivity index (χ3v) is 6.87. The number of aliphatic hydroxyl groups is 1. The average Bonchev–Trinajstić information content (AvgIpc) is 3.21. The molecular formula is C18H20N2O4S. The van der Waals surface area contributed by atoms with Gasteiger partial charge in [0.1, 0.15) is 0 Å².